The van der Waals surface area contributed by atoms with E-state index in [0.717, 1.165) is 56.4 Å². The standard InChI is InChI=1S/C42H50N4O8/c1-28-8-14-34-38(22-28)52-20-21-53-39-23-29(9-15-35(39)46(27-41(48)50-7)17-19-51-18-16-45(34)26-40(47)49-6)42-32-12-10-30(43(2)3)24-36(32)54-37-25-31(44(4)5)11-13-33(37)42/h8-15,22-25,30H,16-21,26-27H2,1-7H3. The topological polar surface area (TPSA) is 102 Å². The summed E-state index contributed by atoms with van der Waals surface area (Å²) in [4.78, 5) is 33.1. The van der Waals surface area contributed by atoms with Crippen LogP contribution in [0.1, 0.15) is 16.7 Å². The summed E-state index contributed by atoms with van der Waals surface area (Å²) < 4.78 is 35.7. The highest BCUT2D eigenvalue weighted by Crippen LogP contribution is 2.46. The number of carbonyl (C=O) groups excluding carboxylic acids is 2. The number of allylic oxidation sites excluding steroid dienone is 1. The fraction of sp³-hybridized carbons (Fsp3) is 0.381. The maximum absolute atomic E-state index is 12.7. The van der Waals surface area contributed by atoms with Gasteiger partial charge in [-0.15, -0.1) is 0 Å². The second kappa shape index (κ2) is 17.1. The number of aryl methyl sites for hydroxylation is 1. The third-order valence-corrected chi connectivity index (χ3v) is 9.63. The molecule has 2 aliphatic heterocycles. The molecule has 2 heterocycles. The molecule has 0 spiro atoms. The van der Waals surface area contributed by atoms with Crippen LogP contribution in [0, 0.1) is 6.92 Å². The number of hydrogen-bond donors (Lipinski definition) is 0. The molecule has 0 saturated heterocycles. The van der Waals surface area contributed by atoms with Gasteiger partial charge in [-0.05, 0) is 74.6 Å². The summed E-state index contributed by atoms with van der Waals surface area (Å²) in [7, 11) is 10.9. The van der Waals surface area contributed by atoms with Gasteiger partial charge in [-0.1, -0.05) is 24.3 Å². The van der Waals surface area contributed by atoms with Gasteiger partial charge in [-0.3, -0.25) is 14.5 Å². The van der Waals surface area contributed by atoms with Crippen LogP contribution < -0.4 is 28.9 Å². The first-order chi connectivity index (χ1) is 26.1. The summed E-state index contributed by atoms with van der Waals surface area (Å²) in [6, 6.07) is 18.3. The Morgan fingerprint density at radius 3 is 2.02 bits per heavy atom. The Hall–Kier alpha value is -5.46. The third kappa shape index (κ3) is 8.67. The number of hydrogen-bond acceptors (Lipinski definition) is 12. The van der Waals surface area contributed by atoms with Crippen LogP contribution in [0.25, 0.3) is 5.57 Å². The first kappa shape index (κ1) is 38.3. The Kier molecular flexibility index (Phi) is 12.1. The molecule has 12 nitrogen and oxygen atoms in total. The van der Waals surface area contributed by atoms with E-state index in [0.29, 0.717) is 37.8 Å². The van der Waals surface area contributed by atoms with Crippen LogP contribution >= 0.6 is 0 Å². The molecule has 0 N–H and O–H groups in total. The fourth-order valence-corrected chi connectivity index (χ4v) is 6.66. The van der Waals surface area contributed by atoms with E-state index in [4.69, 9.17) is 28.4 Å². The van der Waals surface area contributed by atoms with Crippen molar-refractivity contribution in [3.8, 4) is 17.2 Å². The Morgan fingerprint density at radius 1 is 0.778 bits per heavy atom. The largest absolute Gasteiger partial charge is 0.488 e. The van der Waals surface area contributed by atoms with Crippen LogP contribution in [-0.4, -0.2) is 118 Å². The maximum Gasteiger partial charge on any atom is 0.325 e. The number of carbonyl (C=O) groups is 2. The molecule has 12 heteroatoms. The summed E-state index contributed by atoms with van der Waals surface area (Å²) in [5.74, 6) is 2.00. The molecule has 1 aliphatic carbocycles. The molecule has 3 aromatic rings. The molecule has 0 bridgehead atoms. The third-order valence-electron chi connectivity index (χ3n) is 9.63. The molecular formula is C42H50N4O8. The van der Waals surface area contributed by atoms with Gasteiger partial charge >= 0.3 is 11.9 Å². The summed E-state index contributed by atoms with van der Waals surface area (Å²) in [6.07, 6.45) is 6.44. The normalized spacial score (nSPS) is 17.3. The molecule has 54 heavy (non-hydrogen) atoms. The van der Waals surface area contributed by atoms with Crippen molar-refractivity contribution >= 4 is 34.6 Å². The second-order valence-corrected chi connectivity index (χ2v) is 13.8. The lowest BCUT2D eigenvalue weighted by atomic mass is 9.86. The number of nitrogens with zero attached hydrogens (tertiary/aromatic N) is 4. The van der Waals surface area contributed by atoms with Crippen molar-refractivity contribution in [2.75, 3.05) is 110 Å². The highest BCUT2D eigenvalue weighted by molar-refractivity contribution is 5.92. The van der Waals surface area contributed by atoms with Gasteiger partial charge in [0.05, 0.1) is 38.8 Å². The predicted molar refractivity (Wildman–Crippen MR) is 210 cm³/mol. The number of ether oxygens (including phenoxy) is 6. The van der Waals surface area contributed by atoms with Crippen molar-refractivity contribution in [2.45, 2.75) is 13.0 Å². The van der Waals surface area contributed by atoms with E-state index in [-0.39, 0.29) is 44.3 Å². The van der Waals surface area contributed by atoms with Crippen LogP contribution in [-0.2, 0) is 23.8 Å². The lowest BCUT2D eigenvalue weighted by Crippen LogP contribution is -2.36. The van der Waals surface area contributed by atoms with E-state index in [1.54, 1.807) is 0 Å². The van der Waals surface area contributed by atoms with Crippen molar-refractivity contribution in [1.29, 1.82) is 0 Å². The van der Waals surface area contributed by atoms with E-state index >= 15 is 0 Å². The van der Waals surface area contributed by atoms with Crippen LogP contribution in [0.15, 0.2) is 84.2 Å². The van der Waals surface area contributed by atoms with Gasteiger partial charge in [0.1, 0.15) is 49.3 Å². The van der Waals surface area contributed by atoms with E-state index in [2.05, 4.69) is 52.3 Å². The molecule has 0 radical (unpaired) electrons. The van der Waals surface area contributed by atoms with Crippen LogP contribution in [0.5, 0.6) is 17.2 Å². The van der Waals surface area contributed by atoms with Gasteiger partial charge in [0, 0.05) is 61.7 Å². The number of fused-ring (bicyclic) bond motifs is 4. The molecule has 1 atom stereocenters. The second-order valence-electron chi connectivity index (χ2n) is 13.8. The summed E-state index contributed by atoms with van der Waals surface area (Å²) in [6.45, 7) is 3.87. The van der Waals surface area contributed by atoms with Crippen LogP contribution in [0.4, 0.5) is 17.1 Å². The first-order valence-corrected chi connectivity index (χ1v) is 18.1. The van der Waals surface area contributed by atoms with Crippen molar-refractivity contribution in [1.82, 2.24) is 4.90 Å². The average molecular weight is 739 g/mol. The van der Waals surface area contributed by atoms with Gasteiger partial charge < -0.3 is 43.1 Å². The predicted octanol–water partition coefficient (Wildman–Crippen LogP) is 5.09. The highest BCUT2D eigenvalue weighted by Gasteiger charge is 2.29. The molecule has 3 aliphatic rings. The number of likely N-dealkylation sites (N-methyl/N-ethyl adjacent to an activating group) is 1. The number of rotatable bonds is 7. The molecule has 1 unspecified atom stereocenters. The molecule has 6 rings (SSSR count). The monoisotopic (exact) mass is 738 g/mol. The first-order valence-electron chi connectivity index (χ1n) is 18.1. The average Bonchev–Trinajstić information content (AvgIpc) is 3.17. The van der Waals surface area contributed by atoms with Crippen molar-refractivity contribution in [2.24, 2.45) is 0 Å². The lowest BCUT2D eigenvalue weighted by Gasteiger charge is -2.31. The highest BCUT2D eigenvalue weighted by atomic mass is 16.5. The van der Waals surface area contributed by atoms with E-state index < -0.39 is 0 Å². The van der Waals surface area contributed by atoms with Crippen molar-refractivity contribution < 1.29 is 38.0 Å². The maximum atomic E-state index is 12.7. The number of benzene rings is 3. The van der Waals surface area contributed by atoms with Gasteiger partial charge in [0.25, 0.3) is 0 Å². The van der Waals surface area contributed by atoms with Gasteiger partial charge in [0.2, 0.25) is 0 Å². The minimum atomic E-state index is -0.390. The molecule has 0 amide bonds. The van der Waals surface area contributed by atoms with Gasteiger partial charge in [-0.25, -0.2) is 0 Å². The van der Waals surface area contributed by atoms with E-state index in [1.165, 1.54) is 14.2 Å². The Balaban J connectivity index is 1.41. The lowest BCUT2D eigenvalue weighted by molar-refractivity contribution is -0.139. The smallest absolute Gasteiger partial charge is 0.325 e. The fourth-order valence-electron chi connectivity index (χ4n) is 6.66. The summed E-state index contributed by atoms with van der Waals surface area (Å²) in [5, 5.41) is 0. The Labute approximate surface area is 317 Å². The molecule has 286 valence electrons. The van der Waals surface area contributed by atoms with Crippen molar-refractivity contribution in [3.05, 3.63) is 101 Å². The van der Waals surface area contributed by atoms with Crippen LogP contribution in [0.3, 0.4) is 0 Å². The number of esters is 2. The quantitative estimate of drug-likeness (QED) is 0.302. The minimum absolute atomic E-state index is 0.00920. The van der Waals surface area contributed by atoms with Crippen molar-refractivity contribution in [3.63, 3.8) is 0 Å². The molecule has 0 aromatic heterocycles. The summed E-state index contributed by atoms with van der Waals surface area (Å²) in [5.41, 5.74) is 7.39. The van der Waals surface area contributed by atoms with E-state index in [9.17, 15) is 9.59 Å². The Bertz CT molecular complexity index is 1950. The summed E-state index contributed by atoms with van der Waals surface area (Å²) >= 11 is 0. The number of anilines is 3. The van der Waals surface area contributed by atoms with Crippen LogP contribution in [0.2, 0.25) is 0 Å². The molecule has 3 aromatic carbocycles. The zero-order valence-corrected chi connectivity index (χ0v) is 32.2. The number of methoxy groups -OCH3 is 2. The van der Waals surface area contributed by atoms with E-state index in [1.807, 2.05) is 75.2 Å². The molecular weight excluding hydrogens is 688 g/mol. The molecule has 0 fully saturated rings. The Morgan fingerprint density at radius 2 is 1.41 bits per heavy atom. The molecule has 0 saturated carbocycles. The zero-order chi connectivity index (χ0) is 38.4. The minimum Gasteiger partial charge on any atom is -0.488 e. The van der Waals surface area contributed by atoms with Gasteiger partial charge in [-0.2, -0.15) is 0 Å². The SMILES string of the molecule is COC(=O)CN1CCOCCN(CC(=O)OC)c2ccc(C3=C4C=CC(N(C)C)C=C4Oc4cc(N(C)C)ccc43)cc2OCCOc2cc(C)ccc21. The van der Waals surface area contributed by atoms with Gasteiger partial charge in [0.15, 0.2) is 0 Å². The zero-order valence-electron chi connectivity index (χ0n) is 32.2.